The van der Waals surface area contributed by atoms with Gasteiger partial charge in [-0.25, -0.2) is 0 Å². The summed E-state index contributed by atoms with van der Waals surface area (Å²) in [5, 5.41) is 0. The molecule has 28 heavy (non-hydrogen) atoms. The van der Waals surface area contributed by atoms with Gasteiger partial charge >= 0.3 is 0 Å². The van der Waals surface area contributed by atoms with Crippen LogP contribution in [0.3, 0.4) is 0 Å². The highest BCUT2D eigenvalue weighted by molar-refractivity contribution is 7.99. The summed E-state index contributed by atoms with van der Waals surface area (Å²) >= 11 is 3.25. The Hall–Kier alpha value is -2.05. The van der Waals surface area contributed by atoms with Gasteiger partial charge in [-0.2, -0.15) is 4.99 Å². The SMILES string of the molecule is CCCn1c(=NC(=O)CCSc2ccc(C)cc2)sc2cc(OCC)ccc21. The van der Waals surface area contributed by atoms with Crippen LogP contribution in [0.1, 0.15) is 32.3 Å². The second kappa shape index (κ2) is 9.94. The monoisotopic (exact) mass is 414 g/mol. The molecule has 1 heterocycles. The van der Waals surface area contributed by atoms with Gasteiger partial charge in [-0.1, -0.05) is 36.0 Å². The number of aryl methyl sites for hydroxylation is 2. The minimum atomic E-state index is -0.0685. The maximum Gasteiger partial charge on any atom is 0.249 e. The van der Waals surface area contributed by atoms with E-state index in [1.807, 2.05) is 19.1 Å². The summed E-state index contributed by atoms with van der Waals surface area (Å²) in [4.78, 5) is 18.8. The number of carbonyl (C=O) groups excluding carboxylic acids is 1. The predicted octanol–water partition coefficient (Wildman–Crippen LogP) is 5.43. The van der Waals surface area contributed by atoms with E-state index in [0.29, 0.717) is 13.0 Å². The molecular formula is C22H26N2O2S2. The van der Waals surface area contributed by atoms with Crippen LogP contribution in [0, 0.1) is 6.92 Å². The topological polar surface area (TPSA) is 43.6 Å². The fourth-order valence-corrected chi connectivity index (χ4v) is 4.83. The standard InChI is InChI=1S/C22H26N2O2S2/c1-4-13-24-19-11-8-17(26-5-2)15-20(19)28-22(24)23-21(25)12-14-27-18-9-6-16(3)7-10-18/h6-11,15H,4-5,12-14H2,1-3H3. The number of thioether (sulfide) groups is 1. The third kappa shape index (κ3) is 5.26. The second-order valence-electron chi connectivity index (χ2n) is 6.52. The number of ether oxygens (including phenoxy) is 1. The zero-order chi connectivity index (χ0) is 19.9. The number of benzene rings is 2. The summed E-state index contributed by atoms with van der Waals surface area (Å²) in [5.74, 6) is 1.52. The summed E-state index contributed by atoms with van der Waals surface area (Å²) in [7, 11) is 0. The number of nitrogens with zero attached hydrogens (tertiary/aromatic N) is 2. The molecule has 1 amide bonds. The Bertz CT molecular complexity index is 1000. The van der Waals surface area contributed by atoms with Gasteiger partial charge in [-0.3, -0.25) is 4.79 Å². The van der Waals surface area contributed by atoms with Gasteiger partial charge in [0.2, 0.25) is 5.91 Å². The Morgan fingerprint density at radius 3 is 2.68 bits per heavy atom. The van der Waals surface area contributed by atoms with Crippen molar-refractivity contribution in [3.8, 4) is 5.75 Å². The van der Waals surface area contributed by atoms with Crippen molar-refractivity contribution >= 4 is 39.2 Å². The van der Waals surface area contributed by atoms with Gasteiger partial charge in [0.15, 0.2) is 4.80 Å². The number of hydrogen-bond donors (Lipinski definition) is 0. The molecule has 6 heteroatoms. The second-order valence-corrected chi connectivity index (χ2v) is 8.69. The van der Waals surface area contributed by atoms with Gasteiger partial charge in [0, 0.05) is 23.6 Å². The lowest BCUT2D eigenvalue weighted by Gasteiger charge is -2.05. The van der Waals surface area contributed by atoms with Crippen molar-refractivity contribution in [3.63, 3.8) is 0 Å². The minimum absolute atomic E-state index is 0.0685. The predicted molar refractivity (Wildman–Crippen MR) is 118 cm³/mol. The molecule has 148 valence electrons. The van der Waals surface area contributed by atoms with Crippen molar-refractivity contribution in [2.75, 3.05) is 12.4 Å². The van der Waals surface area contributed by atoms with Gasteiger partial charge in [-0.15, -0.1) is 11.8 Å². The Balaban J connectivity index is 1.76. The van der Waals surface area contributed by atoms with E-state index in [-0.39, 0.29) is 5.91 Å². The highest BCUT2D eigenvalue weighted by Gasteiger charge is 2.09. The zero-order valence-electron chi connectivity index (χ0n) is 16.6. The molecular weight excluding hydrogens is 388 g/mol. The van der Waals surface area contributed by atoms with Crippen LogP contribution in [-0.2, 0) is 11.3 Å². The first kappa shape index (κ1) is 20.7. The fourth-order valence-electron chi connectivity index (χ4n) is 2.89. The van der Waals surface area contributed by atoms with E-state index < -0.39 is 0 Å². The van der Waals surface area contributed by atoms with E-state index in [1.165, 1.54) is 10.5 Å². The molecule has 0 aliphatic heterocycles. The van der Waals surface area contributed by atoms with Gasteiger partial charge in [0.25, 0.3) is 0 Å². The van der Waals surface area contributed by atoms with Crippen LogP contribution in [0.2, 0.25) is 0 Å². The number of amides is 1. The van der Waals surface area contributed by atoms with Crippen LogP contribution >= 0.6 is 23.1 Å². The molecule has 3 aromatic rings. The summed E-state index contributed by atoms with van der Waals surface area (Å²) in [6.07, 6.45) is 1.42. The number of hydrogen-bond acceptors (Lipinski definition) is 4. The molecule has 0 N–H and O–H groups in total. The van der Waals surface area contributed by atoms with Gasteiger partial charge < -0.3 is 9.30 Å². The molecule has 0 unspecified atom stereocenters. The van der Waals surface area contributed by atoms with E-state index >= 15 is 0 Å². The molecule has 1 aromatic heterocycles. The first-order valence-electron chi connectivity index (χ1n) is 9.64. The number of aromatic nitrogens is 1. The fraction of sp³-hybridized carbons (Fsp3) is 0.364. The van der Waals surface area contributed by atoms with Crippen LogP contribution in [0.15, 0.2) is 52.4 Å². The van der Waals surface area contributed by atoms with Crippen molar-refractivity contribution in [3.05, 3.63) is 52.8 Å². The number of carbonyl (C=O) groups is 1. The van der Waals surface area contributed by atoms with Crippen LogP contribution in [0.25, 0.3) is 10.2 Å². The molecule has 2 aromatic carbocycles. The Morgan fingerprint density at radius 1 is 1.18 bits per heavy atom. The van der Waals surface area contributed by atoms with Crippen molar-refractivity contribution in [1.29, 1.82) is 0 Å². The van der Waals surface area contributed by atoms with Crippen molar-refractivity contribution in [1.82, 2.24) is 4.57 Å². The van der Waals surface area contributed by atoms with E-state index in [9.17, 15) is 4.79 Å². The summed E-state index contributed by atoms with van der Waals surface area (Å²) in [6, 6.07) is 14.5. The average Bonchev–Trinajstić information content (AvgIpc) is 3.00. The van der Waals surface area contributed by atoms with Crippen LogP contribution in [-0.4, -0.2) is 22.8 Å². The molecule has 0 saturated carbocycles. The lowest BCUT2D eigenvalue weighted by atomic mass is 10.2. The van der Waals surface area contributed by atoms with Crippen molar-refractivity contribution < 1.29 is 9.53 Å². The molecule has 0 bridgehead atoms. The maximum absolute atomic E-state index is 12.4. The highest BCUT2D eigenvalue weighted by atomic mass is 32.2. The Kier molecular flexibility index (Phi) is 7.34. The lowest BCUT2D eigenvalue weighted by Crippen LogP contribution is -2.16. The zero-order valence-corrected chi connectivity index (χ0v) is 18.2. The Labute approximate surface area is 174 Å². The molecule has 0 saturated heterocycles. The number of rotatable bonds is 8. The highest BCUT2D eigenvalue weighted by Crippen LogP contribution is 2.24. The van der Waals surface area contributed by atoms with Crippen molar-refractivity contribution in [2.45, 2.75) is 45.1 Å². The van der Waals surface area contributed by atoms with Gasteiger partial charge in [0.1, 0.15) is 5.75 Å². The molecule has 4 nitrogen and oxygen atoms in total. The summed E-state index contributed by atoms with van der Waals surface area (Å²) in [5.41, 5.74) is 2.35. The average molecular weight is 415 g/mol. The van der Waals surface area contributed by atoms with Crippen molar-refractivity contribution in [2.24, 2.45) is 4.99 Å². The smallest absolute Gasteiger partial charge is 0.249 e. The molecule has 0 fully saturated rings. The van der Waals surface area contributed by atoms with Gasteiger partial charge in [0.05, 0.1) is 16.8 Å². The van der Waals surface area contributed by atoms with Gasteiger partial charge in [-0.05, 0) is 50.6 Å². The number of fused-ring (bicyclic) bond motifs is 1. The largest absolute Gasteiger partial charge is 0.494 e. The van der Waals surface area contributed by atoms with E-state index in [1.54, 1.807) is 23.1 Å². The van der Waals surface area contributed by atoms with E-state index in [0.717, 1.165) is 39.5 Å². The quantitative estimate of drug-likeness (QED) is 0.462. The molecule has 0 radical (unpaired) electrons. The molecule has 0 aliphatic rings. The third-order valence-corrected chi connectivity index (χ3v) is 6.29. The maximum atomic E-state index is 12.4. The molecule has 0 spiro atoms. The van der Waals surface area contributed by atoms with E-state index in [2.05, 4.69) is 53.7 Å². The first-order valence-corrected chi connectivity index (χ1v) is 11.4. The first-order chi connectivity index (χ1) is 13.6. The number of thiazole rings is 1. The molecule has 0 atom stereocenters. The van der Waals surface area contributed by atoms with Crippen LogP contribution < -0.4 is 9.54 Å². The molecule has 0 aliphatic carbocycles. The van der Waals surface area contributed by atoms with Crippen LogP contribution in [0.4, 0.5) is 0 Å². The Morgan fingerprint density at radius 2 is 1.96 bits per heavy atom. The minimum Gasteiger partial charge on any atom is -0.494 e. The normalized spacial score (nSPS) is 11.9. The molecule has 3 rings (SSSR count). The lowest BCUT2D eigenvalue weighted by molar-refractivity contribution is -0.117. The summed E-state index contributed by atoms with van der Waals surface area (Å²) in [6.45, 7) is 7.67. The van der Waals surface area contributed by atoms with Crippen LogP contribution in [0.5, 0.6) is 5.75 Å². The van der Waals surface area contributed by atoms with E-state index in [4.69, 9.17) is 4.74 Å². The third-order valence-electron chi connectivity index (χ3n) is 4.24. The summed E-state index contributed by atoms with van der Waals surface area (Å²) < 4.78 is 8.84.